The van der Waals surface area contributed by atoms with E-state index in [0.717, 1.165) is 60.3 Å². The first-order valence-corrected chi connectivity index (χ1v) is 11.2. The van der Waals surface area contributed by atoms with Gasteiger partial charge in [-0.2, -0.15) is 0 Å². The molecule has 31 heavy (non-hydrogen) atoms. The number of aromatic hydroxyl groups is 1. The summed E-state index contributed by atoms with van der Waals surface area (Å²) >= 11 is 0. The van der Waals surface area contributed by atoms with Crippen LogP contribution >= 0.6 is 0 Å². The van der Waals surface area contributed by atoms with Crippen molar-refractivity contribution in [3.8, 4) is 5.88 Å². The maximum atomic E-state index is 11.3. The fourth-order valence-electron chi connectivity index (χ4n) is 4.81. The minimum absolute atomic E-state index is 0.230. The number of rotatable bonds is 5. The molecule has 5 rings (SSSR count). The summed E-state index contributed by atoms with van der Waals surface area (Å²) in [6.45, 7) is 5.36. The van der Waals surface area contributed by atoms with E-state index < -0.39 is 0 Å². The summed E-state index contributed by atoms with van der Waals surface area (Å²) in [6.07, 6.45) is 4.54. The number of hydrogen-bond donors (Lipinski definition) is 1. The number of ether oxygens (including phenoxy) is 2. The SMILES string of the molecule is CC(Cc1ccc2c(c1)c(C1=NCCOC1)c(O)n2C1CCOCC1)c1ccccn1. The van der Waals surface area contributed by atoms with E-state index in [9.17, 15) is 5.11 Å². The molecule has 1 saturated heterocycles. The molecule has 1 aromatic carbocycles. The fourth-order valence-corrected chi connectivity index (χ4v) is 4.81. The number of nitrogens with zero attached hydrogens (tertiary/aromatic N) is 3. The van der Waals surface area contributed by atoms with E-state index in [1.165, 1.54) is 5.56 Å². The first kappa shape index (κ1) is 20.2. The molecule has 0 saturated carbocycles. The summed E-state index contributed by atoms with van der Waals surface area (Å²) in [4.78, 5) is 9.21. The Hall–Kier alpha value is -2.70. The van der Waals surface area contributed by atoms with Crippen LogP contribution in [-0.4, -0.2) is 53.3 Å². The number of benzene rings is 1. The Morgan fingerprint density at radius 1 is 1.13 bits per heavy atom. The smallest absolute Gasteiger partial charge is 0.201 e. The van der Waals surface area contributed by atoms with Gasteiger partial charge in [0, 0.05) is 42.5 Å². The molecule has 0 radical (unpaired) electrons. The second kappa shape index (κ2) is 8.81. The molecule has 2 aromatic heterocycles. The van der Waals surface area contributed by atoms with Crippen molar-refractivity contribution in [2.45, 2.75) is 38.1 Å². The monoisotopic (exact) mass is 419 g/mol. The second-order valence-corrected chi connectivity index (χ2v) is 8.50. The molecule has 1 atom stereocenters. The number of aromatic nitrogens is 2. The highest BCUT2D eigenvalue weighted by molar-refractivity contribution is 6.14. The third-order valence-electron chi connectivity index (χ3n) is 6.40. The van der Waals surface area contributed by atoms with E-state index >= 15 is 0 Å². The molecule has 3 aromatic rings. The van der Waals surface area contributed by atoms with E-state index in [1.54, 1.807) is 0 Å². The van der Waals surface area contributed by atoms with Crippen molar-refractivity contribution in [3.05, 3.63) is 59.4 Å². The lowest BCUT2D eigenvalue weighted by Gasteiger charge is -2.25. The van der Waals surface area contributed by atoms with Crippen molar-refractivity contribution >= 4 is 16.6 Å². The molecule has 0 amide bonds. The van der Waals surface area contributed by atoms with E-state index in [4.69, 9.17) is 14.5 Å². The molecule has 2 aliphatic rings. The minimum atomic E-state index is 0.230. The normalized spacial score (nSPS) is 18.8. The van der Waals surface area contributed by atoms with Gasteiger partial charge in [0.05, 0.1) is 36.6 Å². The molecular formula is C25H29N3O3. The number of aliphatic imine (C=N–C) groups is 1. The van der Waals surface area contributed by atoms with Crippen molar-refractivity contribution in [1.29, 1.82) is 0 Å². The highest BCUT2D eigenvalue weighted by Gasteiger charge is 2.27. The summed E-state index contributed by atoms with van der Waals surface area (Å²) in [5.41, 5.74) is 5.05. The summed E-state index contributed by atoms with van der Waals surface area (Å²) in [6, 6.07) is 12.8. The largest absolute Gasteiger partial charge is 0.494 e. The summed E-state index contributed by atoms with van der Waals surface area (Å²) in [5, 5.41) is 12.4. The van der Waals surface area contributed by atoms with Crippen LogP contribution in [0, 0.1) is 0 Å². The van der Waals surface area contributed by atoms with Crippen molar-refractivity contribution < 1.29 is 14.6 Å². The highest BCUT2D eigenvalue weighted by atomic mass is 16.5. The van der Waals surface area contributed by atoms with Crippen molar-refractivity contribution in [1.82, 2.24) is 9.55 Å². The molecule has 6 heteroatoms. The number of hydrogen-bond acceptors (Lipinski definition) is 5. The molecule has 4 heterocycles. The average Bonchev–Trinajstić information content (AvgIpc) is 3.11. The fraction of sp³-hybridized carbons (Fsp3) is 0.440. The molecule has 162 valence electrons. The lowest BCUT2D eigenvalue weighted by Crippen LogP contribution is -2.20. The molecule has 1 N–H and O–H groups in total. The summed E-state index contributed by atoms with van der Waals surface area (Å²) in [7, 11) is 0. The highest BCUT2D eigenvalue weighted by Crippen LogP contribution is 2.39. The molecule has 2 aliphatic heterocycles. The Labute approximate surface area is 182 Å². The number of pyridine rings is 1. The Bertz CT molecular complexity index is 1080. The van der Waals surface area contributed by atoms with E-state index in [-0.39, 0.29) is 6.04 Å². The Morgan fingerprint density at radius 2 is 2.00 bits per heavy atom. The predicted octanol–water partition coefficient (Wildman–Crippen LogP) is 4.26. The van der Waals surface area contributed by atoms with Gasteiger partial charge < -0.3 is 19.1 Å². The van der Waals surface area contributed by atoms with Gasteiger partial charge in [0.1, 0.15) is 0 Å². The third-order valence-corrected chi connectivity index (χ3v) is 6.40. The van der Waals surface area contributed by atoms with Crippen molar-refractivity contribution in [3.63, 3.8) is 0 Å². The van der Waals surface area contributed by atoms with Crippen LogP contribution < -0.4 is 0 Å². The van der Waals surface area contributed by atoms with Gasteiger partial charge in [0.25, 0.3) is 0 Å². The van der Waals surface area contributed by atoms with Crippen LogP contribution in [0.15, 0.2) is 47.6 Å². The van der Waals surface area contributed by atoms with E-state index in [1.807, 2.05) is 18.3 Å². The Kier molecular flexibility index (Phi) is 5.74. The molecule has 6 nitrogen and oxygen atoms in total. The van der Waals surface area contributed by atoms with Crippen LogP contribution in [0.4, 0.5) is 0 Å². The molecule has 0 spiro atoms. The quantitative estimate of drug-likeness (QED) is 0.671. The maximum absolute atomic E-state index is 11.3. The third kappa shape index (κ3) is 3.98. The predicted molar refractivity (Wildman–Crippen MR) is 121 cm³/mol. The first-order valence-electron chi connectivity index (χ1n) is 11.2. The zero-order valence-corrected chi connectivity index (χ0v) is 18.0. The maximum Gasteiger partial charge on any atom is 0.201 e. The van der Waals surface area contributed by atoms with E-state index in [2.05, 4.69) is 40.7 Å². The Balaban J connectivity index is 1.58. The van der Waals surface area contributed by atoms with Crippen LogP contribution in [0.3, 0.4) is 0 Å². The van der Waals surface area contributed by atoms with Gasteiger partial charge in [0.2, 0.25) is 5.88 Å². The standard InChI is InChI=1S/C25H29N3O3/c1-17(21-4-2-3-9-26-21)14-18-5-6-23-20(15-18)24(22-16-31-13-10-27-22)25(29)28(23)19-7-11-30-12-8-19/h2-6,9,15,17,19,29H,7-8,10-14,16H2,1H3. The second-order valence-electron chi connectivity index (χ2n) is 8.50. The van der Waals surface area contributed by atoms with Gasteiger partial charge >= 0.3 is 0 Å². The minimum Gasteiger partial charge on any atom is -0.494 e. The first-order chi connectivity index (χ1) is 15.2. The van der Waals surface area contributed by atoms with Crippen LogP contribution in [0.5, 0.6) is 5.88 Å². The van der Waals surface area contributed by atoms with E-state index in [0.29, 0.717) is 31.6 Å². The number of fused-ring (bicyclic) bond motifs is 1. The summed E-state index contributed by atoms with van der Waals surface area (Å²) < 4.78 is 13.3. The van der Waals surface area contributed by atoms with Crippen molar-refractivity contribution in [2.24, 2.45) is 4.99 Å². The van der Waals surface area contributed by atoms with Crippen LogP contribution in [0.1, 0.15) is 48.5 Å². The van der Waals surface area contributed by atoms with Gasteiger partial charge in [-0.1, -0.05) is 19.1 Å². The van der Waals surface area contributed by atoms with Gasteiger partial charge in [0.15, 0.2) is 0 Å². The van der Waals surface area contributed by atoms with Crippen LogP contribution in [0.2, 0.25) is 0 Å². The molecule has 0 aliphatic carbocycles. The molecule has 1 fully saturated rings. The Morgan fingerprint density at radius 3 is 2.74 bits per heavy atom. The van der Waals surface area contributed by atoms with Crippen LogP contribution in [0.25, 0.3) is 10.9 Å². The van der Waals surface area contributed by atoms with Gasteiger partial charge in [-0.15, -0.1) is 0 Å². The average molecular weight is 420 g/mol. The van der Waals surface area contributed by atoms with Crippen molar-refractivity contribution in [2.75, 3.05) is 33.0 Å². The molecular weight excluding hydrogens is 390 g/mol. The zero-order chi connectivity index (χ0) is 21.2. The van der Waals surface area contributed by atoms with Gasteiger partial charge in [-0.25, -0.2) is 0 Å². The topological polar surface area (TPSA) is 68.9 Å². The van der Waals surface area contributed by atoms with Crippen LogP contribution in [-0.2, 0) is 15.9 Å². The summed E-state index contributed by atoms with van der Waals surface area (Å²) in [5.74, 6) is 0.615. The lowest BCUT2D eigenvalue weighted by molar-refractivity contribution is 0.0688. The van der Waals surface area contributed by atoms with Gasteiger partial charge in [-0.3, -0.25) is 9.98 Å². The molecule has 1 unspecified atom stereocenters. The van der Waals surface area contributed by atoms with Gasteiger partial charge in [-0.05, 0) is 49.1 Å². The lowest BCUT2D eigenvalue weighted by atomic mass is 9.95. The zero-order valence-electron chi connectivity index (χ0n) is 18.0. The molecule has 0 bridgehead atoms.